The molecule has 0 bridgehead atoms. The first-order chi connectivity index (χ1) is 8.84. The highest BCUT2D eigenvalue weighted by atomic mass is 32.2. The van der Waals surface area contributed by atoms with Crippen molar-refractivity contribution in [3.05, 3.63) is 15.6 Å². The maximum absolute atomic E-state index is 5.00. The maximum Gasteiger partial charge on any atom is 0.114 e. The van der Waals surface area contributed by atoms with Crippen molar-refractivity contribution in [3.8, 4) is 0 Å². The molecule has 0 aromatic carbocycles. The Morgan fingerprint density at radius 1 is 1.33 bits per heavy atom. The highest BCUT2D eigenvalue weighted by Gasteiger charge is 2.39. The Hall–Kier alpha value is -0.0600. The molecule has 18 heavy (non-hydrogen) atoms. The maximum atomic E-state index is 5.00. The molecule has 1 aliphatic carbocycles. The van der Waals surface area contributed by atoms with E-state index < -0.39 is 0 Å². The van der Waals surface area contributed by atoms with E-state index in [1.54, 1.807) is 4.88 Å². The van der Waals surface area contributed by atoms with Crippen molar-refractivity contribution < 1.29 is 0 Å². The van der Waals surface area contributed by atoms with Gasteiger partial charge >= 0.3 is 0 Å². The van der Waals surface area contributed by atoms with Gasteiger partial charge in [-0.15, -0.1) is 11.3 Å². The average molecular weight is 282 g/mol. The zero-order valence-electron chi connectivity index (χ0n) is 11.1. The van der Waals surface area contributed by atoms with Gasteiger partial charge in [-0.2, -0.15) is 11.8 Å². The fourth-order valence-electron chi connectivity index (χ4n) is 2.87. The summed E-state index contributed by atoms with van der Waals surface area (Å²) in [6.45, 7) is 3.36. The minimum Gasteiger partial charge on any atom is -0.305 e. The lowest BCUT2D eigenvalue weighted by Gasteiger charge is -2.27. The van der Waals surface area contributed by atoms with Crippen molar-refractivity contribution in [2.24, 2.45) is 0 Å². The molecule has 1 atom stereocenters. The molecule has 1 aromatic heterocycles. The van der Waals surface area contributed by atoms with Crippen LogP contribution in [-0.2, 0) is 18.4 Å². The van der Waals surface area contributed by atoms with Gasteiger partial charge in [0.25, 0.3) is 0 Å². The fourth-order valence-corrected chi connectivity index (χ4v) is 5.67. The van der Waals surface area contributed by atoms with Crippen molar-refractivity contribution in [3.63, 3.8) is 0 Å². The van der Waals surface area contributed by atoms with Gasteiger partial charge in [-0.25, -0.2) is 4.98 Å². The highest BCUT2D eigenvalue weighted by molar-refractivity contribution is 7.99. The SMILES string of the molecule is CCCNC1(c2nc3c(s2)CCCC3)CCSC1. The number of thiazole rings is 1. The molecule has 1 aliphatic heterocycles. The third-order valence-corrected chi connectivity index (χ3v) is 6.54. The zero-order chi connectivity index (χ0) is 12.4. The normalized spacial score (nSPS) is 27.4. The minimum absolute atomic E-state index is 0.197. The number of fused-ring (bicyclic) bond motifs is 1. The highest BCUT2D eigenvalue weighted by Crippen LogP contribution is 2.40. The molecule has 0 radical (unpaired) electrons. The zero-order valence-corrected chi connectivity index (χ0v) is 12.8. The Morgan fingerprint density at radius 3 is 2.94 bits per heavy atom. The number of hydrogen-bond acceptors (Lipinski definition) is 4. The van der Waals surface area contributed by atoms with E-state index in [4.69, 9.17) is 4.98 Å². The molecule has 2 nitrogen and oxygen atoms in total. The van der Waals surface area contributed by atoms with Crippen LogP contribution in [0.4, 0.5) is 0 Å². The molecule has 0 saturated carbocycles. The van der Waals surface area contributed by atoms with E-state index in [0.29, 0.717) is 0 Å². The van der Waals surface area contributed by atoms with Crippen molar-refractivity contribution in [2.75, 3.05) is 18.1 Å². The Morgan fingerprint density at radius 2 is 2.22 bits per heavy atom. The quantitative estimate of drug-likeness (QED) is 0.916. The van der Waals surface area contributed by atoms with Crippen LogP contribution >= 0.6 is 23.1 Å². The van der Waals surface area contributed by atoms with Gasteiger partial charge in [0.15, 0.2) is 0 Å². The molecule has 2 heterocycles. The molecule has 0 amide bonds. The second kappa shape index (κ2) is 5.51. The summed E-state index contributed by atoms with van der Waals surface area (Å²) >= 11 is 4.07. The molecule has 1 N–H and O–H groups in total. The van der Waals surface area contributed by atoms with E-state index in [1.807, 2.05) is 11.3 Å². The summed E-state index contributed by atoms with van der Waals surface area (Å²) < 4.78 is 0. The van der Waals surface area contributed by atoms with Gasteiger partial charge in [0, 0.05) is 10.6 Å². The van der Waals surface area contributed by atoms with Crippen molar-refractivity contribution >= 4 is 23.1 Å². The summed E-state index contributed by atoms with van der Waals surface area (Å²) in [5, 5.41) is 5.18. The Labute approximate surface area is 118 Å². The topological polar surface area (TPSA) is 24.9 Å². The number of aryl methyl sites for hydroxylation is 2. The first-order valence-corrected chi connectivity index (χ1v) is 9.13. The van der Waals surface area contributed by atoms with Crippen LogP contribution in [0.2, 0.25) is 0 Å². The number of nitrogens with one attached hydrogen (secondary N) is 1. The molecular weight excluding hydrogens is 260 g/mol. The van der Waals surface area contributed by atoms with Crippen molar-refractivity contribution in [2.45, 2.75) is 51.0 Å². The second-order valence-corrected chi connectivity index (χ2v) is 7.60. The standard InChI is InChI=1S/C14H22N2S2/c1-2-8-15-14(7-9-17-10-14)13-16-11-5-3-4-6-12(11)18-13/h15H,2-10H2,1H3. The van der Waals surface area contributed by atoms with Crippen LogP contribution in [0.15, 0.2) is 0 Å². The van der Waals surface area contributed by atoms with Crippen LogP contribution in [0.5, 0.6) is 0 Å². The van der Waals surface area contributed by atoms with E-state index in [9.17, 15) is 0 Å². The first-order valence-electron chi connectivity index (χ1n) is 7.16. The van der Waals surface area contributed by atoms with E-state index >= 15 is 0 Å². The summed E-state index contributed by atoms with van der Waals surface area (Å²) in [6, 6.07) is 0. The molecule has 1 unspecified atom stereocenters. The van der Waals surface area contributed by atoms with E-state index in [-0.39, 0.29) is 5.54 Å². The number of hydrogen-bond donors (Lipinski definition) is 1. The van der Waals surface area contributed by atoms with Crippen LogP contribution in [0.25, 0.3) is 0 Å². The van der Waals surface area contributed by atoms with Crippen LogP contribution in [-0.4, -0.2) is 23.0 Å². The molecule has 4 heteroatoms. The lowest BCUT2D eigenvalue weighted by molar-refractivity contribution is 0.374. The molecule has 1 fully saturated rings. The summed E-state index contributed by atoms with van der Waals surface area (Å²) in [7, 11) is 0. The third-order valence-electron chi connectivity index (χ3n) is 3.99. The van der Waals surface area contributed by atoms with Gasteiger partial charge in [-0.1, -0.05) is 6.92 Å². The van der Waals surface area contributed by atoms with Crippen molar-refractivity contribution in [1.82, 2.24) is 10.3 Å². The predicted octanol–water partition coefficient (Wildman–Crippen LogP) is 3.35. The smallest absolute Gasteiger partial charge is 0.114 e. The second-order valence-electron chi connectivity index (χ2n) is 5.41. The van der Waals surface area contributed by atoms with E-state index in [2.05, 4.69) is 24.0 Å². The fraction of sp³-hybridized carbons (Fsp3) is 0.786. The third kappa shape index (κ3) is 2.35. The van der Waals surface area contributed by atoms with Crippen molar-refractivity contribution in [1.29, 1.82) is 0 Å². The molecule has 100 valence electrons. The molecular formula is C14H22N2S2. The van der Waals surface area contributed by atoms with Gasteiger partial charge in [0.05, 0.1) is 11.2 Å². The summed E-state index contributed by atoms with van der Waals surface area (Å²) in [6.07, 6.45) is 7.63. The van der Waals surface area contributed by atoms with E-state index in [1.165, 1.54) is 60.7 Å². The molecule has 2 aliphatic rings. The van der Waals surface area contributed by atoms with Gasteiger partial charge < -0.3 is 5.32 Å². The first kappa shape index (κ1) is 12.9. The van der Waals surface area contributed by atoms with Gasteiger partial charge in [0.1, 0.15) is 5.01 Å². The largest absolute Gasteiger partial charge is 0.305 e. The lowest BCUT2D eigenvalue weighted by atomic mass is 9.99. The van der Waals surface area contributed by atoms with E-state index in [0.717, 1.165) is 6.54 Å². The van der Waals surface area contributed by atoms with Crippen LogP contribution in [0.1, 0.15) is 48.2 Å². The number of thioether (sulfide) groups is 1. The number of rotatable bonds is 4. The predicted molar refractivity (Wildman–Crippen MR) is 80.7 cm³/mol. The summed E-state index contributed by atoms with van der Waals surface area (Å²) in [5.41, 5.74) is 1.61. The summed E-state index contributed by atoms with van der Waals surface area (Å²) in [5.74, 6) is 2.49. The Balaban J connectivity index is 1.87. The molecule has 3 rings (SSSR count). The van der Waals surface area contributed by atoms with Gasteiger partial charge in [-0.3, -0.25) is 0 Å². The molecule has 1 aromatic rings. The van der Waals surface area contributed by atoms with Gasteiger partial charge in [0.2, 0.25) is 0 Å². The van der Waals surface area contributed by atoms with Crippen LogP contribution in [0.3, 0.4) is 0 Å². The lowest BCUT2D eigenvalue weighted by Crippen LogP contribution is -2.42. The average Bonchev–Trinajstić information content (AvgIpc) is 3.03. The summed E-state index contributed by atoms with van der Waals surface area (Å²) in [4.78, 5) is 6.58. The van der Waals surface area contributed by atoms with Crippen LogP contribution in [0, 0.1) is 0 Å². The Kier molecular flexibility index (Phi) is 3.97. The molecule has 0 spiro atoms. The monoisotopic (exact) mass is 282 g/mol. The number of aromatic nitrogens is 1. The number of nitrogens with zero attached hydrogens (tertiary/aromatic N) is 1. The van der Waals surface area contributed by atoms with Gasteiger partial charge in [-0.05, 0) is 50.8 Å². The Bertz CT molecular complexity index is 384. The van der Waals surface area contributed by atoms with Crippen LogP contribution < -0.4 is 5.32 Å². The minimum atomic E-state index is 0.197. The molecule has 1 saturated heterocycles.